The Morgan fingerprint density at radius 1 is 0.353 bits per heavy atom. The molecule has 204 valence electrons. The normalized spacial score (nSPS) is 12.3. The quantitative estimate of drug-likeness (QED) is 0.0743. The van der Waals surface area contributed by atoms with Crippen LogP contribution in [0.25, 0.3) is 0 Å². The van der Waals surface area contributed by atoms with Crippen LogP contribution >= 0.6 is 0 Å². The van der Waals surface area contributed by atoms with Gasteiger partial charge in [-0.3, -0.25) is 0 Å². The molecule has 0 aliphatic heterocycles. The minimum absolute atomic E-state index is 0.0880. The first kappa shape index (κ1) is 33.6. The number of nitrogens with zero attached hydrogens (tertiary/aromatic N) is 1. The van der Waals surface area contributed by atoms with Gasteiger partial charge >= 0.3 is 0 Å². The van der Waals surface area contributed by atoms with Gasteiger partial charge in [0.2, 0.25) is 0 Å². The van der Waals surface area contributed by atoms with Gasteiger partial charge in [-0.2, -0.15) is 4.91 Å². The van der Waals surface area contributed by atoms with Crippen LogP contribution in [0, 0.1) is 4.91 Å². The lowest BCUT2D eigenvalue weighted by Crippen LogP contribution is -2.03. The average molecular weight is 480 g/mol. The van der Waals surface area contributed by atoms with Crippen molar-refractivity contribution >= 4 is 0 Å². The molecule has 0 spiro atoms. The maximum Gasteiger partial charge on any atom is 0.0919 e. The van der Waals surface area contributed by atoms with Gasteiger partial charge in [0.15, 0.2) is 0 Å². The molecule has 0 rings (SSSR count). The van der Waals surface area contributed by atoms with Gasteiger partial charge in [0, 0.05) is 0 Å². The van der Waals surface area contributed by atoms with Crippen LogP contribution in [0.5, 0.6) is 0 Å². The largest absolute Gasteiger partial charge is 0.151 e. The van der Waals surface area contributed by atoms with Crippen LogP contribution in [-0.4, -0.2) is 6.04 Å². The van der Waals surface area contributed by atoms with Gasteiger partial charge in [-0.15, -0.1) is 0 Å². The monoisotopic (exact) mass is 480 g/mol. The molecule has 34 heavy (non-hydrogen) atoms. The summed E-state index contributed by atoms with van der Waals surface area (Å²) in [7, 11) is 0. The molecular formula is C32H65NO. The van der Waals surface area contributed by atoms with Crippen molar-refractivity contribution in [3.05, 3.63) is 4.91 Å². The molecule has 1 atom stereocenters. The second-order valence-corrected chi connectivity index (χ2v) is 11.2. The van der Waals surface area contributed by atoms with E-state index in [1.165, 1.54) is 173 Å². The van der Waals surface area contributed by atoms with Gasteiger partial charge in [0.05, 0.1) is 6.04 Å². The summed E-state index contributed by atoms with van der Waals surface area (Å²) >= 11 is 0. The first-order chi connectivity index (χ1) is 16.8. The molecule has 2 nitrogen and oxygen atoms in total. The number of rotatable bonds is 30. The molecule has 2 heteroatoms. The lowest BCUT2D eigenvalue weighted by atomic mass is 10.00. The van der Waals surface area contributed by atoms with Crippen LogP contribution in [0.15, 0.2) is 5.18 Å². The molecule has 1 unspecified atom stereocenters. The van der Waals surface area contributed by atoms with E-state index in [0.717, 1.165) is 12.8 Å². The molecule has 0 aliphatic rings. The van der Waals surface area contributed by atoms with Gasteiger partial charge in [-0.25, -0.2) is 0 Å². The third-order valence-corrected chi connectivity index (χ3v) is 7.68. The highest BCUT2D eigenvalue weighted by Gasteiger charge is 2.08. The van der Waals surface area contributed by atoms with E-state index in [4.69, 9.17) is 0 Å². The summed E-state index contributed by atoms with van der Waals surface area (Å²) in [5.74, 6) is 0. The Balaban J connectivity index is 3.26. The topological polar surface area (TPSA) is 29.4 Å². The highest BCUT2D eigenvalue weighted by Crippen LogP contribution is 2.18. The molecule has 0 saturated carbocycles. The molecule has 0 aromatic carbocycles. The standard InChI is InChI=1S/C32H65NO/c1-3-5-7-9-11-13-15-17-19-21-23-25-27-29-31-32(33-34)30-28-26-24-22-20-18-16-14-12-10-8-6-4-2/h32H,3-31H2,1-2H3. The Morgan fingerprint density at radius 2 is 0.559 bits per heavy atom. The van der Waals surface area contributed by atoms with E-state index in [9.17, 15) is 4.91 Å². The molecule has 0 radical (unpaired) electrons. The molecule has 0 aromatic rings. The molecule has 0 aliphatic carbocycles. The summed E-state index contributed by atoms with van der Waals surface area (Å²) in [5, 5.41) is 3.43. The zero-order valence-corrected chi connectivity index (χ0v) is 23.9. The van der Waals surface area contributed by atoms with Crippen LogP contribution in [0.4, 0.5) is 0 Å². The van der Waals surface area contributed by atoms with Crippen molar-refractivity contribution in [3.63, 3.8) is 0 Å². The first-order valence-electron chi connectivity index (χ1n) is 16.2. The summed E-state index contributed by atoms with van der Waals surface area (Å²) in [6.07, 6.45) is 39.6. The third kappa shape index (κ3) is 27.8. The molecule has 0 amide bonds. The second-order valence-electron chi connectivity index (χ2n) is 11.2. The van der Waals surface area contributed by atoms with Crippen LogP contribution in [-0.2, 0) is 0 Å². The molecule has 0 N–H and O–H groups in total. The van der Waals surface area contributed by atoms with E-state index in [1.807, 2.05) is 0 Å². The maximum atomic E-state index is 11.2. The highest BCUT2D eigenvalue weighted by molar-refractivity contribution is 4.66. The highest BCUT2D eigenvalue weighted by atomic mass is 16.3. The maximum absolute atomic E-state index is 11.2. The lowest BCUT2D eigenvalue weighted by Gasteiger charge is -2.09. The van der Waals surface area contributed by atoms with Crippen molar-refractivity contribution in [2.45, 2.75) is 206 Å². The fourth-order valence-corrected chi connectivity index (χ4v) is 5.22. The van der Waals surface area contributed by atoms with Gasteiger partial charge < -0.3 is 0 Å². The predicted molar refractivity (Wildman–Crippen MR) is 155 cm³/mol. The van der Waals surface area contributed by atoms with Gasteiger partial charge in [-0.05, 0) is 12.8 Å². The van der Waals surface area contributed by atoms with Crippen molar-refractivity contribution in [3.8, 4) is 0 Å². The van der Waals surface area contributed by atoms with Gasteiger partial charge in [-0.1, -0.05) is 192 Å². The number of nitroso groups, excluding NO2 is 1. The Kier molecular flexibility index (Phi) is 30.3. The summed E-state index contributed by atoms with van der Waals surface area (Å²) in [6.45, 7) is 4.58. The SMILES string of the molecule is CCCCCCCCCCCCCCCCC(CCCCCCCCCCCCCCC)N=O. The zero-order valence-electron chi connectivity index (χ0n) is 23.9. The van der Waals surface area contributed by atoms with Crippen LogP contribution in [0.2, 0.25) is 0 Å². The molecule has 0 saturated heterocycles. The van der Waals surface area contributed by atoms with E-state index in [2.05, 4.69) is 19.0 Å². The summed E-state index contributed by atoms with van der Waals surface area (Å²) in [5.41, 5.74) is 0. The number of unbranched alkanes of at least 4 members (excludes halogenated alkanes) is 25. The van der Waals surface area contributed by atoms with Crippen LogP contribution in [0.1, 0.15) is 200 Å². The van der Waals surface area contributed by atoms with E-state index in [0.29, 0.717) is 0 Å². The van der Waals surface area contributed by atoms with Gasteiger partial charge in [0.1, 0.15) is 0 Å². The predicted octanol–water partition coefficient (Wildman–Crippen LogP) is 12.5. The Labute approximate surface area is 216 Å². The van der Waals surface area contributed by atoms with Crippen molar-refractivity contribution in [1.82, 2.24) is 0 Å². The minimum atomic E-state index is 0.0880. The van der Waals surface area contributed by atoms with Gasteiger partial charge in [0.25, 0.3) is 0 Å². The molecular weight excluding hydrogens is 414 g/mol. The number of hydrogen-bond acceptors (Lipinski definition) is 2. The molecule has 0 aromatic heterocycles. The Bertz CT molecular complexity index is 370. The molecule has 0 fully saturated rings. The lowest BCUT2D eigenvalue weighted by molar-refractivity contribution is 0.477. The fraction of sp³-hybridized carbons (Fsp3) is 1.00. The van der Waals surface area contributed by atoms with E-state index < -0.39 is 0 Å². The number of hydrogen-bond donors (Lipinski definition) is 0. The van der Waals surface area contributed by atoms with Crippen LogP contribution < -0.4 is 0 Å². The second kappa shape index (κ2) is 30.6. The summed E-state index contributed by atoms with van der Waals surface area (Å²) < 4.78 is 0. The smallest absolute Gasteiger partial charge is 0.0919 e. The van der Waals surface area contributed by atoms with E-state index >= 15 is 0 Å². The van der Waals surface area contributed by atoms with E-state index in [-0.39, 0.29) is 6.04 Å². The third-order valence-electron chi connectivity index (χ3n) is 7.68. The Morgan fingerprint density at radius 3 is 0.765 bits per heavy atom. The van der Waals surface area contributed by atoms with E-state index in [1.54, 1.807) is 0 Å². The molecule has 0 heterocycles. The first-order valence-corrected chi connectivity index (χ1v) is 16.2. The summed E-state index contributed by atoms with van der Waals surface area (Å²) in [4.78, 5) is 11.2. The molecule has 0 bridgehead atoms. The van der Waals surface area contributed by atoms with Crippen molar-refractivity contribution < 1.29 is 0 Å². The average Bonchev–Trinajstić information content (AvgIpc) is 2.85. The minimum Gasteiger partial charge on any atom is -0.151 e. The zero-order chi connectivity index (χ0) is 24.8. The van der Waals surface area contributed by atoms with Crippen molar-refractivity contribution in [1.29, 1.82) is 0 Å². The Hall–Kier alpha value is -0.400. The fourth-order valence-electron chi connectivity index (χ4n) is 5.22. The van der Waals surface area contributed by atoms with Crippen molar-refractivity contribution in [2.24, 2.45) is 5.18 Å². The van der Waals surface area contributed by atoms with Crippen molar-refractivity contribution in [2.75, 3.05) is 0 Å². The summed E-state index contributed by atoms with van der Waals surface area (Å²) in [6, 6.07) is 0.0880. The van der Waals surface area contributed by atoms with Crippen LogP contribution in [0.3, 0.4) is 0 Å².